The molecule has 1 saturated heterocycles. The van der Waals surface area contributed by atoms with E-state index in [4.69, 9.17) is 24.7 Å². The Bertz CT molecular complexity index is 1070. The number of benzene rings is 1. The Hall–Kier alpha value is -3.33. The molecule has 0 spiro atoms. The predicted molar refractivity (Wildman–Crippen MR) is 121 cm³/mol. The summed E-state index contributed by atoms with van der Waals surface area (Å²) in [4.78, 5) is 40.4. The van der Waals surface area contributed by atoms with Gasteiger partial charge in [-0.3, -0.25) is 9.59 Å². The molecular formula is C25H30N2O7. The highest BCUT2D eigenvalue weighted by Crippen LogP contribution is 2.49. The van der Waals surface area contributed by atoms with Gasteiger partial charge in [0, 0.05) is 37.1 Å². The van der Waals surface area contributed by atoms with E-state index in [1.54, 1.807) is 29.2 Å². The Morgan fingerprint density at radius 3 is 2.59 bits per heavy atom. The summed E-state index contributed by atoms with van der Waals surface area (Å²) in [6, 6.07) is 7.02. The van der Waals surface area contributed by atoms with Gasteiger partial charge in [0.2, 0.25) is 5.88 Å². The summed E-state index contributed by atoms with van der Waals surface area (Å²) in [5, 5.41) is 0. The predicted octanol–water partition coefficient (Wildman–Crippen LogP) is 2.02. The van der Waals surface area contributed by atoms with Crippen LogP contribution in [0.5, 0.6) is 5.75 Å². The lowest BCUT2D eigenvalue weighted by Crippen LogP contribution is -2.43. The second-order valence-corrected chi connectivity index (χ2v) is 9.40. The average molecular weight is 471 g/mol. The van der Waals surface area contributed by atoms with Gasteiger partial charge < -0.3 is 29.6 Å². The van der Waals surface area contributed by atoms with Gasteiger partial charge in [0.05, 0.1) is 26.2 Å². The number of para-hydroxylation sites is 1. The summed E-state index contributed by atoms with van der Waals surface area (Å²) in [6.45, 7) is 5.79. The van der Waals surface area contributed by atoms with Gasteiger partial charge in [-0.1, -0.05) is 32.0 Å². The van der Waals surface area contributed by atoms with Crippen molar-refractivity contribution in [3.63, 3.8) is 0 Å². The molecule has 0 radical (unpaired) electrons. The summed E-state index contributed by atoms with van der Waals surface area (Å²) < 4.78 is 22.0. The third-order valence-electron chi connectivity index (χ3n) is 6.31. The standard InChI is InChI=1S/C25H30N2O7/c1-25(2)12-16(28)21-18(13-25)34-23(26)22(24(30)31-3)20(21)15-6-4-5-7-17(15)33-14-19(29)27-8-10-32-11-9-27/h4-7,20H,8-14,26H2,1-3H3. The number of methoxy groups -OCH3 is 1. The molecule has 182 valence electrons. The Morgan fingerprint density at radius 2 is 1.88 bits per heavy atom. The molecule has 0 bridgehead atoms. The van der Waals surface area contributed by atoms with Crippen molar-refractivity contribution < 1.29 is 33.3 Å². The minimum absolute atomic E-state index is 0.0462. The van der Waals surface area contributed by atoms with Crippen LogP contribution in [0.15, 0.2) is 47.1 Å². The first kappa shape index (κ1) is 23.8. The van der Waals surface area contributed by atoms with Crippen LogP contribution in [0.2, 0.25) is 0 Å². The van der Waals surface area contributed by atoms with Crippen molar-refractivity contribution in [2.45, 2.75) is 32.6 Å². The molecule has 3 aliphatic rings. The fraction of sp³-hybridized carbons (Fsp3) is 0.480. The van der Waals surface area contributed by atoms with Gasteiger partial charge in [-0.05, 0) is 11.5 Å². The number of nitrogens with zero attached hydrogens (tertiary/aromatic N) is 1. The molecule has 2 heterocycles. The van der Waals surface area contributed by atoms with E-state index in [1.165, 1.54) is 7.11 Å². The van der Waals surface area contributed by atoms with Crippen molar-refractivity contribution >= 4 is 17.7 Å². The zero-order valence-corrected chi connectivity index (χ0v) is 19.7. The average Bonchev–Trinajstić information content (AvgIpc) is 2.81. The van der Waals surface area contributed by atoms with E-state index in [0.717, 1.165) is 0 Å². The van der Waals surface area contributed by atoms with Crippen LogP contribution < -0.4 is 10.5 Å². The quantitative estimate of drug-likeness (QED) is 0.650. The number of morpholine rings is 1. The SMILES string of the molecule is COC(=O)C1=C(N)OC2=C(C(=O)CC(C)(C)C2)C1c1ccccc1OCC(=O)N1CCOCC1. The van der Waals surface area contributed by atoms with Crippen LogP contribution in [0.1, 0.15) is 38.2 Å². The van der Waals surface area contributed by atoms with Crippen LogP contribution in [0.25, 0.3) is 0 Å². The Labute approximate surface area is 198 Å². The molecule has 9 heteroatoms. The number of esters is 1. The van der Waals surface area contributed by atoms with Gasteiger partial charge in [-0.15, -0.1) is 0 Å². The maximum absolute atomic E-state index is 13.3. The van der Waals surface area contributed by atoms with Crippen LogP contribution >= 0.6 is 0 Å². The molecule has 0 aromatic heterocycles. The Balaban J connectivity index is 1.72. The molecule has 1 aliphatic carbocycles. The van der Waals surface area contributed by atoms with E-state index >= 15 is 0 Å². The number of carbonyl (C=O) groups is 3. The first-order valence-corrected chi connectivity index (χ1v) is 11.3. The van der Waals surface area contributed by atoms with Crippen molar-refractivity contribution in [2.75, 3.05) is 40.0 Å². The molecule has 1 unspecified atom stereocenters. The van der Waals surface area contributed by atoms with Crippen molar-refractivity contribution in [3.8, 4) is 5.75 Å². The van der Waals surface area contributed by atoms with E-state index in [0.29, 0.717) is 61.8 Å². The number of amides is 1. The Morgan fingerprint density at radius 1 is 1.18 bits per heavy atom. The molecule has 1 fully saturated rings. The van der Waals surface area contributed by atoms with Crippen LogP contribution in [0.4, 0.5) is 0 Å². The molecule has 9 nitrogen and oxygen atoms in total. The topological polar surface area (TPSA) is 117 Å². The summed E-state index contributed by atoms with van der Waals surface area (Å²) in [5.74, 6) is -1.06. The lowest BCUT2D eigenvalue weighted by Gasteiger charge is -2.38. The van der Waals surface area contributed by atoms with Crippen LogP contribution in [0, 0.1) is 5.41 Å². The van der Waals surface area contributed by atoms with E-state index < -0.39 is 11.9 Å². The summed E-state index contributed by atoms with van der Waals surface area (Å²) in [5.41, 5.74) is 6.86. The molecule has 34 heavy (non-hydrogen) atoms. The van der Waals surface area contributed by atoms with E-state index in [2.05, 4.69) is 0 Å². The fourth-order valence-corrected chi connectivity index (χ4v) is 4.70. The van der Waals surface area contributed by atoms with Gasteiger partial charge in [0.1, 0.15) is 17.1 Å². The fourth-order valence-electron chi connectivity index (χ4n) is 4.70. The first-order valence-electron chi connectivity index (χ1n) is 11.3. The molecule has 1 aromatic rings. The molecule has 1 aromatic carbocycles. The van der Waals surface area contributed by atoms with Gasteiger partial charge in [-0.25, -0.2) is 4.79 Å². The van der Waals surface area contributed by atoms with E-state index in [1.807, 2.05) is 13.8 Å². The third kappa shape index (κ3) is 4.65. The smallest absolute Gasteiger partial charge is 0.340 e. The summed E-state index contributed by atoms with van der Waals surface area (Å²) in [6.07, 6.45) is 0.802. The molecule has 4 rings (SSSR count). The molecule has 2 N–H and O–H groups in total. The molecule has 2 aliphatic heterocycles. The van der Waals surface area contributed by atoms with E-state index in [-0.39, 0.29) is 35.2 Å². The van der Waals surface area contributed by atoms with Crippen LogP contribution in [-0.2, 0) is 28.6 Å². The van der Waals surface area contributed by atoms with Crippen molar-refractivity contribution in [1.29, 1.82) is 0 Å². The molecule has 1 amide bonds. The number of ketones is 1. The summed E-state index contributed by atoms with van der Waals surface area (Å²) in [7, 11) is 1.25. The number of rotatable bonds is 5. The number of Topliss-reactive ketones (excluding diaryl/α,β-unsaturated/α-hetero) is 1. The number of hydrogen-bond donors (Lipinski definition) is 1. The minimum Gasteiger partial charge on any atom is -0.483 e. The van der Waals surface area contributed by atoms with Crippen LogP contribution in [0.3, 0.4) is 0 Å². The van der Waals surface area contributed by atoms with Gasteiger partial charge in [0.15, 0.2) is 12.4 Å². The maximum Gasteiger partial charge on any atom is 0.340 e. The molecular weight excluding hydrogens is 440 g/mol. The van der Waals surface area contributed by atoms with E-state index in [9.17, 15) is 14.4 Å². The minimum atomic E-state index is -0.825. The van der Waals surface area contributed by atoms with Crippen molar-refractivity contribution in [3.05, 3.63) is 52.6 Å². The molecule has 1 atom stereocenters. The largest absolute Gasteiger partial charge is 0.483 e. The third-order valence-corrected chi connectivity index (χ3v) is 6.31. The lowest BCUT2D eigenvalue weighted by molar-refractivity contribution is -0.138. The second kappa shape index (κ2) is 9.50. The summed E-state index contributed by atoms with van der Waals surface area (Å²) >= 11 is 0. The molecule has 0 saturated carbocycles. The number of carbonyl (C=O) groups excluding carboxylic acids is 3. The lowest BCUT2D eigenvalue weighted by atomic mass is 9.70. The maximum atomic E-state index is 13.3. The Kier molecular flexibility index (Phi) is 6.65. The highest BCUT2D eigenvalue weighted by molar-refractivity contribution is 6.03. The number of ether oxygens (including phenoxy) is 4. The number of hydrogen-bond acceptors (Lipinski definition) is 8. The van der Waals surface area contributed by atoms with Crippen molar-refractivity contribution in [1.82, 2.24) is 4.90 Å². The normalized spacial score (nSPS) is 22.1. The van der Waals surface area contributed by atoms with Gasteiger partial charge >= 0.3 is 5.97 Å². The number of nitrogens with two attached hydrogens (primary N) is 1. The monoisotopic (exact) mass is 470 g/mol. The van der Waals surface area contributed by atoms with Crippen molar-refractivity contribution in [2.24, 2.45) is 11.1 Å². The van der Waals surface area contributed by atoms with Gasteiger partial charge in [0.25, 0.3) is 5.91 Å². The van der Waals surface area contributed by atoms with Crippen LogP contribution in [-0.4, -0.2) is 62.6 Å². The zero-order valence-electron chi connectivity index (χ0n) is 19.7. The second-order valence-electron chi connectivity index (χ2n) is 9.40. The first-order chi connectivity index (χ1) is 16.2. The van der Waals surface area contributed by atoms with Gasteiger partial charge in [-0.2, -0.15) is 0 Å². The number of allylic oxidation sites excluding steroid dienone is 2. The highest BCUT2D eigenvalue weighted by Gasteiger charge is 2.45. The highest BCUT2D eigenvalue weighted by atomic mass is 16.5. The zero-order chi connectivity index (χ0) is 24.5.